The minimum Gasteiger partial charge on any atom is -0.445 e. The maximum absolute atomic E-state index is 13.7. The molecule has 2 aliphatic rings. The second-order valence-corrected chi connectivity index (χ2v) is 5.94. The summed E-state index contributed by atoms with van der Waals surface area (Å²) in [5, 5.41) is 3.28. The van der Waals surface area contributed by atoms with Crippen LogP contribution in [-0.2, 0) is 11.3 Å². The van der Waals surface area contributed by atoms with Gasteiger partial charge in [0.25, 0.3) is 0 Å². The number of nitrogens with zero attached hydrogens (tertiary/aromatic N) is 1. The van der Waals surface area contributed by atoms with Gasteiger partial charge in [0.2, 0.25) is 0 Å². The van der Waals surface area contributed by atoms with Crippen LogP contribution in [0.3, 0.4) is 0 Å². The lowest BCUT2D eigenvalue weighted by Gasteiger charge is -2.44. The van der Waals surface area contributed by atoms with Crippen LogP contribution in [-0.4, -0.2) is 42.3 Å². The Bertz CT molecular complexity index is 494. The van der Waals surface area contributed by atoms with Crippen molar-refractivity contribution < 1.29 is 13.9 Å². The number of hydrogen-bond acceptors (Lipinski definition) is 3. The summed E-state index contributed by atoms with van der Waals surface area (Å²) in [5.41, 5.74) is 0.689. The van der Waals surface area contributed by atoms with Crippen molar-refractivity contribution >= 4 is 18.5 Å². The molecule has 3 rings (SSSR count). The number of alkyl halides is 1. The van der Waals surface area contributed by atoms with Crippen molar-refractivity contribution in [1.82, 2.24) is 10.2 Å². The van der Waals surface area contributed by atoms with Crippen molar-refractivity contribution in [1.29, 1.82) is 0 Å². The molecule has 2 aliphatic heterocycles. The normalized spacial score (nSPS) is 27.5. The second-order valence-electron chi connectivity index (χ2n) is 5.94. The molecule has 2 unspecified atom stereocenters. The van der Waals surface area contributed by atoms with Gasteiger partial charge in [-0.2, -0.15) is 0 Å². The summed E-state index contributed by atoms with van der Waals surface area (Å²) in [6, 6.07) is 9.56. The lowest BCUT2D eigenvalue weighted by atomic mass is 9.85. The van der Waals surface area contributed by atoms with E-state index < -0.39 is 12.3 Å². The van der Waals surface area contributed by atoms with Crippen LogP contribution in [0.25, 0.3) is 0 Å². The molecule has 0 aliphatic carbocycles. The van der Waals surface area contributed by atoms with Gasteiger partial charge in [-0.15, -0.1) is 12.4 Å². The Morgan fingerprint density at radius 2 is 2.14 bits per heavy atom. The standard InChI is InChI=1S/C16H21FN2O2.ClH/c17-14-6-7-16(8-9-18-12-16)19(10-14)15(20)21-11-13-4-2-1-3-5-13;/h1-5,14,18H,6-12H2;1H. The molecule has 22 heavy (non-hydrogen) atoms. The number of rotatable bonds is 2. The van der Waals surface area contributed by atoms with Crippen LogP contribution >= 0.6 is 12.4 Å². The molecule has 1 N–H and O–H groups in total. The molecular weight excluding hydrogens is 307 g/mol. The molecule has 0 bridgehead atoms. The Labute approximate surface area is 136 Å². The minimum absolute atomic E-state index is 0. The smallest absolute Gasteiger partial charge is 0.410 e. The number of halogens is 2. The van der Waals surface area contributed by atoms with Crippen LogP contribution in [0.4, 0.5) is 9.18 Å². The van der Waals surface area contributed by atoms with Crippen molar-refractivity contribution in [3.8, 4) is 0 Å². The van der Waals surface area contributed by atoms with E-state index in [1.165, 1.54) is 0 Å². The zero-order valence-corrected chi connectivity index (χ0v) is 13.3. The first kappa shape index (κ1) is 17.0. The third-order valence-corrected chi connectivity index (χ3v) is 4.52. The summed E-state index contributed by atoms with van der Waals surface area (Å²) in [6.45, 7) is 1.99. The number of piperidine rings is 1. The first-order chi connectivity index (χ1) is 10.2. The van der Waals surface area contributed by atoms with Crippen molar-refractivity contribution in [3.05, 3.63) is 35.9 Å². The van der Waals surface area contributed by atoms with Gasteiger partial charge in [-0.05, 0) is 31.4 Å². The maximum atomic E-state index is 13.7. The van der Waals surface area contributed by atoms with E-state index in [1.54, 1.807) is 4.90 Å². The lowest BCUT2D eigenvalue weighted by Crippen LogP contribution is -2.58. The molecule has 6 heteroatoms. The molecule has 2 atom stereocenters. The van der Waals surface area contributed by atoms with Gasteiger partial charge in [-0.3, -0.25) is 4.90 Å². The van der Waals surface area contributed by atoms with E-state index in [0.717, 1.165) is 25.1 Å². The molecular formula is C16H22ClFN2O2. The van der Waals surface area contributed by atoms with Gasteiger partial charge in [-0.25, -0.2) is 9.18 Å². The highest BCUT2D eigenvalue weighted by Gasteiger charge is 2.46. The van der Waals surface area contributed by atoms with E-state index in [-0.39, 0.29) is 31.1 Å². The number of nitrogens with one attached hydrogen (secondary N) is 1. The molecule has 0 aromatic heterocycles. The largest absolute Gasteiger partial charge is 0.445 e. The average molecular weight is 329 g/mol. The van der Waals surface area contributed by atoms with Crippen molar-refractivity contribution in [2.45, 2.75) is 37.6 Å². The average Bonchev–Trinajstić information content (AvgIpc) is 2.98. The Morgan fingerprint density at radius 1 is 1.36 bits per heavy atom. The molecule has 1 aromatic rings. The fraction of sp³-hybridized carbons (Fsp3) is 0.562. The van der Waals surface area contributed by atoms with E-state index in [9.17, 15) is 9.18 Å². The predicted molar refractivity (Wildman–Crippen MR) is 84.9 cm³/mol. The van der Waals surface area contributed by atoms with Gasteiger partial charge < -0.3 is 10.1 Å². The van der Waals surface area contributed by atoms with Crippen molar-refractivity contribution in [2.24, 2.45) is 0 Å². The number of carbonyl (C=O) groups is 1. The molecule has 4 nitrogen and oxygen atoms in total. The Balaban J connectivity index is 0.00000176. The Morgan fingerprint density at radius 3 is 2.82 bits per heavy atom. The first-order valence-electron chi connectivity index (χ1n) is 7.53. The third kappa shape index (κ3) is 3.52. The first-order valence-corrected chi connectivity index (χ1v) is 7.53. The van der Waals surface area contributed by atoms with Gasteiger partial charge in [-0.1, -0.05) is 30.3 Å². The van der Waals surface area contributed by atoms with E-state index in [4.69, 9.17) is 4.74 Å². The lowest BCUT2D eigenvalue weighted by molar-refractivity contribution is 0.00742. The molecule has 2 heterocycles. The van der Waals surface area contributed by atoms with Gasteiger partial charge in [0.1, 0.15) is 12.8 Å². The highest BCUT2D eigenvalue weighted by molar-refractivity contribution is 5.85. The molecule has 1 aromatic carbocycles. The van der Waals surface area contributed by atoms with Crippen molar-refractivity contribution in [2.75, 3.05) is 19.6 Å². The molecule has 1 spiro atoms. The molecule has 2 saturated heterocycles. The monoisotopic (exact) mass is 328 g/mol. The topological polar surface area (TPSA) is 41.6 Å². The van der Waals surface area contributed by atoms with E-state index in [1.807, 2.05) is 30.3 Å². The molecule has 1 amide bonds. The molecule has 122 valence electrons. The number of benzene rings is 1. The summed E-state index contributed by atoms with van der Waals surface area (Å²) in [6.07, 6.45) is 0.775. The summed E-state index contributed by atoms with van der Waals surface area (Å²) < 4.78 is 19.1. The number of ether oxygens (including phenoxy) is 1. The van der Waals surface area contributed by atoms with Gasteiger partial charge >= 0.3 is 6.09 Å². The fourth-order valence-electron chi connectivity index (χ4n) is 3.28. The second kappa shape index (κ2) is 7.29. The van der Waals surface area contributed by atoms with Crippen LogP contribution in [0.2, 0.25) is 0 Å². The van der Waals surface area contributed by atoms with Crippen molar-refractivity contribution in [3.63, 3.8) is 0 Å². The van der Waals surface area contributed by atoms with Crippen LogP contribution in [0.15, 0.2) is 30.3 Å². The van der Waals surface area contributed by atoms with E-state index >= 15 is 0 Å². The van der Waals surface area contributed by atoms with Crippen LogP contribution in [0, 0.1) is 0 Å². The minimum atomic E-state index is -0.944. The fourth-order valence-corrected chi connectivity index (χ4v) is 3.28. The SMILES string of the molecule is Cl.O=C(OCc1ccccc1)N1CC(F)CCC12CCNC2. The maximum Gasteiger partial charge on any atom is 0.410 e. The summed E-state index contributed by atoms with van der Waals surface area (Å²) in [4.78, 5) is 14.0. The summed E-state index contributed by atoms with van der Waals surface area (Å²) in [7, 11) is 0. The van der Waals surface area contributed by atoms with Gasteiger partial charge in [0, 0.05) is 6.54 Å². The molecule has 0 saturated carbocycles. The third-order valence-electron chi connectivity index (χ3n) is 4.52. The highest BCUT2D eigenvalue weighted by Crippen LogP contribution is 2.35. The van der Waals surface area contributed by atoms with Gasteiger partial charge in [0.15, 0.2) is 0 Å². The number of amides is 1. The zero-order chi connectivity index (χ0) is 14.7. The molecule has 0 radical (unpaired) electrons. The van der Waals surface area contributed by atoms with E-state index in [0.29, 0.717) is 12.8 Å². The quantitative estimate of drug-likeness (QED) is 0.907. The van der Waals surface area contributed by atoms with Crippen LogP contribution in [0.5, 0.6) is 0 Å². The number of carbonyl (C=O) groups excluding carboxylic acids is 1. The van der Waals surface area contributed by atoms with Crippen LogP contribution in [0.1, 0.15) is 24.8 Å². The number of hydrogen-bond donors (Lipinski definition) is 1. The predicted octanol–water partition coefficient (Wildman–Crippen LogP) is 2.91. The summed E-state index contributed by atoms with van der Waals surface area (Å²) in [5.74, 6) is 0. The summed E-state index contributed by atoms with van der Waals surface area (Å²) >= 11 is 0. The highest BCUT2D eigenvalue weighted by atomic mass is 35.5. The molecule has 2 fully saturated rings. The number of likely N-dealkylation sites (tertiary alicyclic amines) is 1. The van der Waals surface area contributed by atoms with Crippen LogP contribution < -0.4 is 5.32 Å². The van der Waals surface area contributed by atoms with E-state index in [2.05, 4.69) is 5.32 Å². The van der Waals surface area contributed by atoms with Gasteiger partial charge in [0.05, 0.1) is 12.1 Å². The Hall–Kier alpha value is -1.33. The zero-order valence-electron chi connectivity index (χ0n) is 12.5. The Kier molecular flexibility index (Phi) is 5.64.